The fraction of sp³-hybridized carbons (Fsp3) is 0.364. The number of thioether (sulfide) groups is 1. The first-order valence-corrected chi connectivity index (χ1v) is 5.90. The van der Waals surface area contributed by atoms with Gasteiger partial charge in [0.15, 0.2) is 0 Å². The second-order valence-electron chi connectivity index (χ2n) is 3.36. The Balaban J connectivity index is 1.98. The van der Waals surface area contributed by atoms with Crippen LogP contribution in [-0.2, 0) is 4.74 Å². The van der Waals surface area contributed by atoms with Gasteiger partial charge in [0.2, 0.25) is 0 Å². The molecule has 0 bridgehead atoms. The lowest BCUT2D eigenvalue weighted by Gasteiger charge is -2.13. The molecule has 0 saturated carbocycles. The van der Waals surface area contributed by atoms with Crippen LogP contribution in [0.5, 0.6) is 0 Å². The number of ether oxygens (including phenoxy) is 1. The van der Waals surface area contributed by atoms with Gasteiger partial charge in [-0.2, -0.15) is 11.8 Å². The average molecular weight is 226 g/mol. The lowest BCUT2D eigenvalue weighted by Crippen LogP contribution is -2.26. The number of esters is 1. The minimum Gasteiger partial charge on any atom is -0.455 e. The van der Waals surface area contributed by atoms with Crippen LogP contribution in [0.4, 0.5) is 4.39 Å². The molecule has 0 radical (unpaired) electrons. The third-order valence-electron chi connectivity index (χ3n) is 2.23. The van der Waals surface area contributed by atoms with Crippen molar-refractivity contribution in [3.05, 3.63) is 35.9 Å². The molecule has 0 spiro atoms. The second kappa shape index (κ2) is 4.66. The molecule has 0 N–H and O–H groups in total. The molecule has 1 aliphatic rings. The van der Waals surface area contributed by atoms with Gasteiger partial charge < -0.3 is 4.74 Å². The van der Waals surface area contributed by atoms with E-state index in [1.54, 1.807) is 24.3 Å². The van der Waals surface area contributed by atoms with E-state index in [1.165, 1.54) is 11.8 Å². The molecule has 15 heavy (non-hydrogen) atoms. The lowest BCUT2D eigenvalue weighted by atomic mass is 10.2. The highest BCUT2D eigenvalue weighted by molar-refractivity contribution is 7.99. The molecule has 1 heterocycles. The Kier molecular flexibility index (Phi) is 3.26. The molecule has 1 aliphatic heterocycles. The SMILES string of the molecule is O=C(OC1CSCC1F)c1ccccc1. The van der Waals surface area contributed by atoms with Gasteiger partial charge in [-0.15, -0.1) is 0 Å². The zero-order valence-corrected chi connectivity index (χ0v) is 8.87. The molecule has 80 valence electrons. The van der Waals surface area contributed by atoms with Crippen LogP contribution in [0.1, 0.15) is 10.4 Å². The first kappa shape index (κ1) is 10.5. The van der Waals surface area contributed by atoms with Crippen LogP contribution in [-0.4, -0.2) is 29.8 Å². The number of carbonyl (C=O) groups is 1. The Labute approximate surface area is 91.8 Å². The normalized spacial score (nSPS) is 25.1. The van der Waals surface area contributed by atoms with Gasteiger partial charge in [0.25, 0.3) is 0 Å². The largest absolute Gasteiger partial charge is 0.455 e. The summed E-state index contributed by atoms with van der Waals surface area (Å²) in [7, 11) is 0. The second-order valence-corrected chi connectivity index (χ2v) is 4.44. The van der Waals surface area contributed by atoms with E-state index in [2.05, 4.69) is 0 Å². The Morgan fingerprint density at radius 3 is 2.67 bits per heavy atom. The van der Waals surface area contributed by atoms with Crippen molar-refractivity contribution in [2.75, 3.05) is 11.5 Å². The van der Waals surface area contributed by atoms with Gasteiger partial charge in [0, 0.05) is 11.5 Å². The molecule has 0 aromatic heterocycles. The Hall–Kier alpha value is -1.03. The maximum absolute atomic E-state index is 13.2. The molecule has 1 saturated heterocycles. The summed E-state index contributed by atoms with van der Waals surface area (Å²) in [5, 5.41) is 0. The monoisotopic (exact) mass is 226 g/mol. The van der Waals surface area contributed by atoms with E-state index in [0.717, 1.165) is 0 Å². The van der Waals surface area contributed by atoms with Crippen molar-refractivity contribution in [1.29, 1.82) is 0 Å². The number of halogens is 1. The number of hydrogen-bond donors (Lipinski definition) is 0. The highest BCUT2D eigenvalue weighted by Gasteiger charge is 2.31. The summed E-state index contributed by atoms with van der Waals surface area (Å²) in [6.45, 7) is 0. The molecule has 0 amide bonds. The molecule has 0 aliphatic carbocycles. The standard InChI is InChI=1S/C11H11FO2S/c12-9-6-15-7-10(9)14-11(13)8-4-2-1-3-5-8/h1-5,9-10H,6-7H2. The summed E-state index contributed by atoms with van der Waals surface area (Å²) in [6.07, 6.45) is -1.61. The summed E-state index contributed by atoms with van der Waals surface area (Å²) < 4.78 is 18.2. The van der Waals surface area contributed by atoms with Crippen molar-refractivity contribution in [3.8, 4) is 0 Å². The van der Waals surface area contributed by atoms with E-state index in [-0.39, 0.29) is 0 Å². The van der Waals surface area contributed by atoms with E-state index in [4.69, 9.17) is 4.74 Å². The first-order valence-electron chi connectivity index (χ1n) is 4.75. The van der Waals surface area contributed by atoms with Crippen molar-refractivity contribution >= 4 is 17.7 Å². The van der Waals surface area contributed by atoms with Crippen LogP contribution in [0.2, 0.25) is 0 Å². The summed E-state index contributed by atoms with van der Waals surface area (Å²) in [4.78, 5) is 11.5. The predicted molar refractivity (Wildman–Crippen MR) is 57.9 cm³/mol. The van der Waals surface area contributed by atoms with Gasteiger partial charge in [-0.3, -0.25) is 0 Å². The zero-order valence-electron chi connectivity index (χ0n) is 8.06. The Bertz CT molecular complexity index is 342. The summed E-state index contributed by atoms with van der Waals surface area (Å²) in [5.41, 5.74) is 0.474. The molecule has 2 unspecified atom stereocenters. The van der Waals surface area contributed by atoms with Gasteiger partial charge in [0.05, 0.1) is 5.56 Å². The number of alkyl halides is 1. The predicted octanol–water partition coefficient (Wildman–Crippen LogP) is 2.30. The van der Waals surface area contributed by atoms with Crippen LogP contribution in [0.25, 0.3) is 0 Å². The molecule has 1 aromatic carbocycles. The third kappa shape index (κ3) is 2.50. The van der Waals surface area contributed by atoms with Gasteiger partial charge in [-0.1, -0.05) is 18.2 Å². The molecule has 1 fully saturated rings. The summed E-state index contributed by atoms with van der Waals surface area (Å²) >= 11 is 1.48. The minimum atomic E-state index is -1.03. The third-order valence-corrected chi connectivity index (χ3v) is 3.35. The molecule has 1 aromatic rings. The van der Waals surface area contributed by atoms with Gasteiger partial charge in [-0.05, 0) is 12.1 Å². The quantitative estimate of drug-likeness (QED) is 0.724. The minimum absolute atomic E-state index is 0.423. The van der Waals surface area contributed by atoms with Crippen LogP contribution < -0.4 is 0 Å². The van der Waals surface area contributed by atoms with Crippen LogP contribution >= 0.6 is 11.8 Å². The Morgan fingerprint density at radius 1 is 1.33 bits per heavy atom. The summed E-state index contributed by atoms with van der Waals surface area (Å²) in [5.74, 6) is 0.540. The zero-order chi connectivity index (χ0) is 10.7. The van der Waals surface area contributed by atoms with E-state index >= 15 is 0 Å². The first-order chi connectivity index (χ1) is 7.27. The highest BCUT2D eigenvalue weighted by Crippen LogP contribution is 2.24. The molecule has 4 heteroatoms. The van der Waals surface area contributed by atoms with E-state index in [0.29, 0.717) is 17.1 Å². The molecule has 2 atom stereocenters. The molecular weight excluding hydrogens is 215 g/mol. The van der Waals surface area contributed by atoms with Crippen molar-refractivity contribution < 1.29 is 13.9 Å². The topological polar surface area (TPSA) is 26.3 Å². The Morgan fingerprint density at radius 2 is 2.07 bits per heavy atom. The fourth-order valence-corrected chi connectivity index (χ4v) is 2.48. The number of rotatable bonds is 2. The van der Waals surface area contributed by atoms with Gasteiger partial charge >= 0.3 is 5.97 Å². The van der Waals surface area contributed by atoms with Crippen LogP contribution in [0, 0.1) is 0 Å². The van der Waals surface area contributed by atoms with Crippen molar-refractivity contribution in [2.45, 2.75) is 12.3 Å². The smallest absolute Gasteiger partial charge is 0.338 e. The van der Waals surface area contributed by atoms with E-state index in [9.17, 15) is 9.18 Å². The fourth-order valence-electron chi connectivity index (χ4n) is 1.40. The average Bonchev–Trinajstić information content (AvgIpc) is 2.66. The van der Waals surface area contributed by atoms with Crippen molar-refractivity contribution in [1.82, 2.24) is 0 Å². The number of carbonyl (C=O) groups excluding carboxylic acids is 1. The van der Waals surface area contributed by atoms with Crippen molar-refractivity contribution in [2.24, 2.45) is 0 Å². The molecule has 2 nitrogen and oxygen atoms in total. The maximum Gasteiger partial charge on any atom is 0.338 e. The highest BCUT2D eigenvalue weighted by atomic mass is 32.2. The van der Waals surface area contributed by atoms with Gasteiger partial charge in [0.1, 0.15) is 12.3 Å². The molecule has 2 rings (SSSR count). The van der Waals surface area contributed by atoms with Crippen LogP contribution in [0.15, 0.2) is 30.3 Å². The van der Waals surface area contributed by atoms with E-state index < -0.39 is 18.2 Å². The van der Waals surface area contributed by atoms with Crippen molar-refractivity contribution in [3.63, 3.8) is 0 Å². The van der Waals surface area contributed by atoms with E-state index in [1.807, 2.05) is 6.07 Å². The number of benzene rings is 1. The summed E-state index contributed by atoms with van der Waals surface area (Å²) in [6, 6.07) is 8.66. The maximum atomic E-state index is 13.2. The number of hydrogen-bond acceptors (Lipinski definition) is 3. The van der Waals surface area contributed by atoms with Gasteiger partial charge in [-0.25, -0.2) is 9.18 Å². The lowest BCUT2D eigenvalue weighted by molar-refractivity contribution is 0.0201. The van der Waals surface area contributed by atoms with Crippen LogP contribution in [0.3, 0.4) is 0 Å². The molecular formula is C11H11FO2S.